The quantitative estimate of drug-likeness (QED) is 0.755. The topological polar surface area (TPSA) is 30.5 Å². The summed E-state index contributed by atoms with van der Waals surface area (Å²) in [7, 11) is 0. The van der Waals surface area contributed by atoms with Crippen LogP contribution in [-0.4, -0.2) is 32.5 Å². The van der Waals surface area contributed by atoms with Crippen LogP contribution < -0.4 is 5.32 Å². The molecule has 2 unspecified atom stereocenters. The SMILES string of the molecule is CCCc1ccc(C(COCC2CCCO2)NCC)cc1. The molecule has 0 saturated carbocycles. The Morgan fingerprint density at radius 3 is 2.71 bits per heavy atom. The average molecular weight is 291 g/mol. The summed E-state index contributed by atoms with van der Waals surface area (Å²) in [6.45, 7) is 7.62. The number of aryl methyl sites for hydroxylation is 1. The van der Waals surface area contributed by atoms with Crippen molar-refractivity contribution in [3.05, 3.63) is 35.4 Å². The van der Waals surface area contributed by atoms with Gasteiger partial charge >= 0.3 is 0 Å². The smallest absolute Gasteiger partial charge is 0.0809 e. The van der Waals surface area contributed by atoms with Gasteiger partial charge in [-0.05, 0) is 36.9 Å². The molecular formula is C18H29NO2. The van der Waals surface area contributed by atoms with Gasteiger partial charge in [0.05, 0.1) is 25.4 Å². The highest BCUT2D eigenvalue weighted by atomic mass is 16.5. The summed E-state index contributed by atoms with van der Waals surface area (Å²) in [5, 5.41) is 3.51. The van der Waals surface area contributed by atoms with Gasteiger partial charge in [0, 0.05) is 6.61 Å². The molecule has 0 radical (unpaired) electrons. The molecule has 1 fully saturated rings. The zero-order valence-corrected chi connectivity index (χ0v) is 13.4. The van der Waals surface area contributed by atoms with Crippen molar-refractivity contribution in [2.24, 2.45) is 0 Å². The summed E-state index contributed by atoms with van der Waals surface area (Å²) >= 11 is 0. The van der Waals surface area contributed by atoms with E-state index in [-0.39, 0.29) is 6.04 Å². The van der Waals surface area contributed by atoms with E-state index in [9.17, 15) is 0 Å². The van der Waals surface area contributed by atoms with E-state index >= 15 is 0 Å². The van der Waals surface area contributed by atoms with Gasteiger partial charge < -0.3 is 14.8 Å². The van der Waals surface area contributed by atoms with E-state index in [1.807, 2.05) is 0 Å². The first-order chi connectivity index (χ1) is 10.3. The number of benzene rings is 1. The third kappa shape index (κ3) is 5.42. The Labute approximate surface area is 129 Å². The zero-order chi connectivity index (χ0) is 14.9. The molecule has 1 aliphatic heterocycles. The van der Waals surface area contributed by atoms with E-state index in [1.54, 1.807) is 0 Å². The van der Waals surface area contributed by atoms with Crippen molar-refractivity contribution < 1.29 is 9.47 Å². The van der Waals surface area contributed by atoms with Crippen LogP contribution in [0, 0.1) is 0 Å². The molecule has 1 heterocycles. The first-order valence-corrected chi connectivity index (χ1v) is 8.35. The van der Waals surface area contributed by atoms with Gasteiger partial charge in [0.15, 0.2) is 0 Å². The Bertz CT molecular complexity index is 385. The molecule has 2 atom stereocenters. The minimum atomic E-state index is 0.270. The third-order valence-electron chi connectivity index (χ3n) is 3.98. The van der Waals surface area contributed by atoms with Crippen LogP contribution in [0.25, 0.3) is 0 Å². The lowest BCUT2D eigenvalue weighted by Crippen LogP contribution is -2.27. The standard InChI is InChI=1S/C18H29NO2/c1-3-6-15-8-10-16(11-9-15)18(19-4-2)14-20-13-17-7-5-12-21-17/h8-11,17-19H,3-7,12-14H2,1-2H3. The van der Waals surface area contributed by atoms with E-state index in [2.05, 4.69) is 43.4 Å². The molecule has 1 saturated heterocycles. The molecule has 1 aromatic carbocycles. The molecule has 0 spiro atoms. The lowest BCUT2D eigenvalue weighted by Gasteiger charge is -2.20. The molecule has 21 heavy (non-hydrogen) atoms. The van der Waals surface area contributed by atoms with Gasteiger partial charge in [0.2, 0.25) is 0 Å². The van der Waals surface area contributed by atoms with Gasteiger partial charge in [0.1, 0.15) is 0 Å². The molecule has 0 bridgehead atoms. The largest absolute Gasteiger partial charge is 0.377 e. The molecule has 0 aliphatic carbocycles. The van der Waals surface area contributed by atoms with Crippen molar-refractivity contribution in [2.45, 2.75) is 51.7 Å². The molecule has 2 rings (SSSR count). The Morgan fingerprint density at radius 1 is 1.29 bits per heavy atom. The Morgan fingerprint density at radius 2 is 2.10 bits per heavy atom. The summed E-state index contributed by atoms with van der Waals surface area (Å²) in [5.74, 6) is 0. The van der Waals surface area contributed by atoms with Gasteiger partial charge in [-0.1, -0.05) is 44.5 Å². The second-order valence-corrected chi connectivity index (χ2v) is 5.77. The maximum atomic E-state index is 5.88. The van der Waals surface area contributed by atoms with Crippen LogP contribution in [0.5, 0.6) is 0 Å². The second-order valence-electron chi connectivity index (χ2n) is 5.77. The van der Waals surface area contributed by atoms with Crippen molar-refractivity contribution >= 4 is 0 Å². The number of nitrogens with one attached hydrogen (secondary N) is 1. The van der Waals surface area contributed by atoms with Crippen LogP contribution in [-0.2, 0) is 15.9 Å². The highest BCUT2D eigenvalue weighted by Crippen LogP contribution is 2.17. The average Bonchev–Trinajstić information content (AvgIpc) is 3.01. The predicted octanol–water partition coefficient (Wildman–Crippen LogP) is 3.49. The van der Waals surface area contributed by atoms with E-state index in [0.717, 1.165) is 32.6 Å². The monoisotopic (exact) mass is 291 g/mol. The van der Waals surface area contributed by atoms with Crippen LogP contribution >= 0.6 is 0 Å². The van der Waals surface area contributed by atoms with Gasteiger partial charge in [-0.25, -0.2) is 0 Å². The first-order valence-electron chi connectivity index (χ1n) is 8.35. The van der Waals surface area contributed by atoms with Crippen LogP contribution in [0.2, 0.25) is 0 Å². The molecule has 0 aromatic heterocycles. The minimum Gasteiger partial charge on any atom is -0.377 e. The molecule has 118 valence electrons. The van der Waals surface area contributed by atoms with Crippen molar-refractivity contribution in [1.29, 1.82) is 0 Å². The lowest BCUT2D eigenvalue weighted by molar-refractivity contribution is 0.0101. The van der Waals surface area contributed by atoms with Crippen molar-refractivity contribution in [1.82, 2.24) is 5.32 Å². The van der Waals surface area contributed by atoms with Crippen molar-refractivity contribution in [3.63, 3.8) is 0 Å². The van der Waals surface area contributed by atoms with Crippen molar-refractivity contribution in [3.8, 4) is 0 Å². The molecule has 3 heteroatoms. The van der Waals surface area contributed by atoms with Gasteiger partial charge in [-0.15, -0.1) is 0 Å². The highest BCUT2D eigenvalue weighted by Gasteiger charge is 2.17. The van der Waals surface area contributed by atoms with Crippen LogP contribution in [0.4, 0.5) is 0 Å². The summed E-state index contributed by atoms with van der Waals surface area (Å²) in [5.41, 5.74) is 2.72. The second kappa shape index (κ2) is 9.19. The van der Waals surface area contributed by atoms with E-state index in [1.165, 1.54) is 24.0 Å². The number of hydrogen-bond donors (Lipinski definition) is 1. The number of hydrogen-bond acceptors (Lipinski definition) is 3. The van der Waals surface area contributed by atoms with E-state index in [4.69, 9.17) is 9.47 Å². The van der Waals surface area contributed by atoms with Crippen molar-refractivity contribution in [2.75, 3.05) is 26.4 Å². The maximum absolute atomic E-state index is 5.88. The van der Waals surface area contributed by atoms with Crippen LogP contribution in [0.15, 0.2) is 24.3 Å². The van der Waals surface area contributed by atoms with Gasteiger partial charge in [-0.3, -0.25) is 0 Å². The maximum Gasteiger partial charge on any atom is 0.0809 e. The molecule has 1 aromatic rings. The van der Waals surface area contributed by atoms with Gasteiger partial charge in [0.25, 0.3) is 0 Å². The van der Waals surface area contributed by atoms with Crippen LogP contribution in [0.1, 0.15) is 50.3 Å². The van der Waals surface area contributed by atoms with E-state index < -0.39 is 0 Å². The number of rotatable bonds is 9. The van der Waals surface area contributed by atoms with E-state index in [0.29, 0.717) is 12.7 Å². The minimum absolute atomic E-state index is 0.270. The summed E-state index contributed by atoms with van der Waals surface area (Å²) in [4.78, 5) is 0. The summed E-state index contributed by atoms with van der Waals surface area (Å²) < 4.78 is 11.5. The fraction of sp³-hybridized carbons (Fsp3) is 0.667. The Kier molecular flexibility index (Phi) is 7.20. The predicted molar refractivity (Wildman–Crippen MR) is 86.6 cm³/mol. The first kappa shape index (κ1) is 16.5. The highest BCUT2D eigenvalue weighted by molar-refractivity contribution is 5.25. The number of likely N-dealkylation sites (N-methyl/N-ethyl adjacent to an activating group) is 1. The molecular weight excluding hydrogens is 262 g/mol. The Hall–Kier alpha value is -0.900. The van der Waals surface area contributed by atoms with Gasteiger partial charge in [-0.2, -0.15) is 0 Å². The zero-order valence-electron chi connectivity index (χ0n) is 13.4. The summed E-state index contributed by atoms with van der Waals surface area (Å²) in [6.07, 6.45) is 4.96. The molecule has 0 amide bonds. The summed E-state index contributed by atoms with van der Waals surface area (Å²) in [6, 6.07) is 9.21. The fourth-order valence-electron chi connectivity index (χ4n) is 2.82. The lowest BCUT2D eigenvalue weighted by atomic mass is 10.0. The number of ether oxygens (including phenoxy) is 2. The molecule has 1 aliphatic rings. The fourth-order valence-corrected chi connectivity index (χ4v) is 2.82. The third-order valence-corrected chi connectivity index (χ3v) is 3.98. The molecule has 3 nitrogen and oxygen atoms in total. The normalized spacial score (nSPS) is 19.8. The van der Waals surface area contributed by atoms with Crippen LogP contribution in [0.3, 0.4) is 0 Å². The molecule has 1 N–H and O–H groups in total. The Balaban J connectivity index is 1.84.